The van der Waals surface area contributed by atoms with Crippen LogP contribution in [-0.2, 0) is 12.6 Å². The third-order valence-electron chi connectivity index (χ3n) is 3.41. The minimum Gasteiger partial charge on any atom is -0.207 e. The zero-order valence-electron chi connectivity index (χ0n) is 11.5. The molecule has 0 N–H and O–H groups in total. The quantitative estimate of drug-likeness (QED) is 0.663. The molecular formula is C17H15F4. The van der Waals surface area contributed by atoms with Crippen molar-refractivity contribution in [2.24, 2.45) is 0 Å². The largest absolute Gasteiger partial charge is 0.416 e. The van der Waals surface area contributed by atoms with Crippen LogP contribution < -0.4 is 0 Å². The third kappa shape index (κ3) is 4.06. The maximum absolute atomic E-state index is 12.9. The second-order valence-corrected chi connectivity index (χ2v) is 4.89. The maximum Gasteiger partial charge on any atom is 0.416 e. The summed E-state index contributed by atoms with van der Waals surface area (Å²) in [6, 6.07) is 11.4. The van der Waals surface area contributed by atoms with E-state index in [9.17, 15) is 17.6 Å². The lowest BCUT2D eigenvalue weighted by Gasteiger charge is -2.17. The summed E-state index contributed by atoms with van der Waals surface area (Å²) in [5, 5.41) is 0. The van der Waals surface area contributed by atoms with Crippen molar-refractivity contribution in [2.45, 2.75) is 25.4 Å². The van der Waals surface area contributed by atoms with Gasteiger partial charge in [-0.2, -0.15) is 13.2 Å². The van der Waals surface area contributed by atoms with Gasteiger partial charge in [0.1, 0.15) is 5.82 Å². The van der Waals surface area contributed by atoms with Crippen LogP contribution in [0, 0.1) is 12.2 Å². The van der Waals surface area contributed by atoms with Gasteiger partial charge in [0, 0.05) is 0 Å². The van der Waals surface area contributed by atoms with Crippen molar-refractivity contribution in [3.8, 4) is 0 Å². The summed E-state index contributed by atoms with van der Waals surface area (Å²) in [6.45, 7) is 1.81. The molecule has 2 aromatic carbocycles. The predicted octanol–water partition coefficient (Wildman–Crippen LogP) is 5.39. The van der Waals surface area contributed by atoms with E-state index >= 15 is 0 Å². The Kier molecular flexibility index (Phi) is 4.66. The first kappa shape index (κ1) is 15.5. The zero-order chi connectivity index (χ0) is 15.5. The molecule has 0 bridgehead atoms. The molecule has 0 aliphatic heterocycles. The van der Waals surface area contributed by atoms with E-state index in [2.05, 4.69) is 0 Å². The molecule has 2 rings (SSSR count). The van der Waals surface area contributed by atoms with Crippen molar-refractivity contribution >= 4 is 0 Å². The summed E-state index contributed by atoms with van der Waals surface area (Å²) in [5.74, 6) is -0.465. The average Bonchev–Trinajstić information content (AvgIpc) is 2.46. The molecular weight excluding hydrogens is 280 g/mol. The highest BCUT2D eigenvalue weighted by atomic mass is 19.4. The SMILES string of the molecule is C[CH]C(Cc1ccc(F)cc1)c1cccc(C(F)(F)F)c1. The molecule has 0 aromatic heterocycles. The minimum absolute atomic E-state index is 0.141. The molecule has 0 saturated carbocycles. The van der Waals surface area contributed by atoms with E-state index in [0.717, 1.165) is 11.6 Å². The molecule has 0 spiro atoms. The molecule has 4 heteroatoms. The van der Waals surface area contributed by atoms with Crippen molar-refractivity contribution in [2.75, 3.05) is 0 Å². The van der Waals surface area contributed by atoms with E-state index in [1.54, 1.807) is 18.2 Å². The molecule has 111 valence electrons. The highest BCUT2D eigenvalue weighted by Crippen LogP contribution is 2.32. The molecule has 0 amide bonds. The van der Waals surface area contributed by atoms with Gasteiger partial charge in [-0.3, -0.25) is 0 Å². The van der Waals surface area contributed by atoms with Crippen LogP contribution in [0.1, 0.15) is 29.5 Å². The van der Waals surface area contributed by atoms with Crippen LogP contribution in [-0.4, -0.2) is 0 Å². The summed E-state index contributed by atoms with van der Waals surface area (Å²) < 4.78 is 51.1. The van der Waals surface area contributed by atoms with Crippen LogP contribution in [0.2, 0.25) is 0 Å². The standard InChI is InChI=1S/C17H15F4/c1-2-13(10-12-6-8-16(18)9-7-12)14-4-3-5-15(11-14)17(19,20)21/h2-9,11,13H,10H2,1H3. The highest BCUT2D eigenvalue weighted by Gasteiger charge is 2.30. The monoisotopic (exact) mass is 295 g/mol. The van der Waals surface area contributed by atoms with Crippen LogP contribution in [0.5, 0.6) is 0 Å². The Bertz CT molecular complexity index is 584. The highest BCUT2D eigenvalue weighted by molar-refractivity contribution is 5.31. The third-order valence-corrected chi connectivity index (χ3v) is 3.41. The van der Waals surface area contributed by atoms with Crippen molar-refractivity contribution < 1.29 is 17.6 Å². The number of rotatable bonds is 4. The smallest absolute Gasteiger partial charge is 0.207 e. The van der Waals surface area contributed by atoms with E-state index < -0.39 is 11.7 Å². The Morgan fingerprint density at radius 3 is 2.29 bits per heavy atom. The van der Waals surface area contributed by atoms with Gasteiger partial charge < -0.3 is 0 Å². The fourth-order valence-electron chi connectivity index (χ4n) is 2.25. The fourth-order valence-corrected chi connectivity index (χ4v) is 2.25. The van der Waals surface area contributed by atoms with Crippen LogP contribution in [0.15, 0.2) is 48.5 Å². The number of alkyl halides is 3. The number of hydrogen-bond acceptors (Lipinski definition) is 0. The summed E-state index contributed by atoms with van der Waals surface area (Å²) in [4.78, 5) is 0. The lowest BCUT2D eigenvalue weighted by Crippen LogP contribution is -2.08. The molecule has 1 radical (unpaired) electrons. The van der Waals surface area contributed by atoms with Gasteiger partial charge in [0.05, 0.1) is 5.56 Å². The van der Waals surface area contributed by atoms with Crippen molar-refractivity contribution in [3.63, 3.8) is 0 Å². The van der Waals surface area contributed by atoms with E-state index in [0.29, 0.717) is 12.0 Å². The Morgan fingerprint density at radius 1 is 1.05 bits per heavy atom. The first-order valence-electron chi connectivity index (χ1n) is 6.61. The molecule has 0 aliphatic rings. The second kappa shape index (κ2) is 6.29. The number of hydrogen-bond donors (Lipinski definition) is 0. The molecule has 21 heavy (non-hydrogen) atoms. The van der Waals surface area contributed by atoms with E-state index in [1.807, 2.05) is 13.3 Å². The van der Waals surface area contributed by atoms with Gasteiger partial charge >= 0.3 is 6.18 Å². The lowest BCUT2D eigenvalue weighted by atomic mass is 9.89. The van der Waals surface area contributed by atoms with Crippen LogP contribution in [0.25, 0.3) is 0 Å². The Balaban J connectivity index is 2.23. The van der Waals surface area contributed by atoms with Gasteiger partial charge in [-0.1, -0.05) is 37.3 Å². The summed E-state index contributed by atoms with van der Waals surface area (Å²) in [5.41, 5.74) is 0.847. The normalized spacial score (nSPS) is 13.2. The van der Waals surface area contributed by atoms with Gasteiger partial charge in [-0.05, 0) is 48.1 Å². The topological polar surface area (TPSA) is 0 Å². The fraction of sp³-hybridized carbons (Fsp3) is 0.235. The first-order chi connectivity index (χ1) is 9.90. The van der Waals surface area contributed by atoms with Crippen molar-refractivity contribution in [1.82, 2.24) is 0 Å². The summed E-state index contributed by atoms with van der Waals surface area (Å²) in [6.07, 6.45) is -1.94. The predicted molar refractivity (Wildman–Crippen MR) is 74.3 cm³/mol. The first-order valence-corrected chi connectivity index (χ1v) is 6.61. The summed E-state index contributed by atoms with van der Waals surface area (Å²) >= 11 is 0. The Hall–Kier alpha value is -1.84. The molecule has 1 unspecified atom stereocenters. The van der Waals surface area contributed by atoms with Crippen LogP contribution in [0.3, 0.4) is 0 Å². The van der Waals surface area contributed by atoms with Gasteiger partial charge in [0.15, 0.2) is 0 Å². The van der Waals surface area contributed by atoms with Gasteiger partial charge in [-0.25, -0.2) is 4.39 Å². The van der Waals surface area contributed by atoms with E-state index in [-0.39, 0.29) is 11.7 Å². The van der Waals surface area contributed by atoms with Gasteiger partial charge in [0.2, 0.25) is 0 Å². The molecule has 2 aromatic rings. The maximum atomic E-state index is 12.9. The zero-order valence-corrected chi connectivity index (χ0v) is 11.5. The van der Waals surface area contributed by atoms with Crippen LogP contribution in [0.4, 0.5) is 17.6 Å². The number of benzene rings is 2. The summed E-state index contributed by atoms with van der Waals surface area (Å²) in [7, 11) is 0. The second-order valence-electron chi connectivity index (χ2n) is 4.89. The van der Waals surface area contributed by atoms with E-state index in [1.165, 1.54) is 24.3 Å². The lowest BCUT2D eigenvalue weighted by molar-refractivity contribution is -0.137. The molecule has 0 aliphatic carbocycles. The van der Waals surface area contributed by atoms with E-state index in [4.69, 9.17) is 0 Å². The molecule has 0 fully saturated rings. The molecule has 0 nitrogen and oxygen atoms in total. The van der Waals surface area contributed by atoms with Crippen molar-refractivity contribution in [1.29, 1.82) is 0 Å². The molecule has 0 saturated heterocycles. The number of halogens is 4. The molecule has 0 heterocycles. The van der Waals surface area contributed by atoms with Gasteiger partial charge in [0.25, 0.3) is 0 Å². The Labute approximate surface area is 121 Å². The average molecular weight is 295 g/mol. The van der Waals surface area contributed by atoms with Gasteiger partial charge in [-0.15, -0.1) is 0 Å². The molecule has 1 atom stereocenters. The van der Waals surface area contributed by atoms with Crippen molar-refractivity contribution in [3.05, 3.63) is 77.5 Å². The minimum atomic E-state index is -4.34. The van der Waals surface area contributed by atoms with Crippen LogP contribution >= 0.6 is 0 Å². The Morgan fingerprint density at radius 2 is 1.71 bits per heavy atom.